The van der Waals surface area contributed by atoms with Crippen LogP contribution in [0.1, 0.15) is 55.0 Å². The van der Waals surface area contributed by atoms with Crippen LogP contribution in [0.4, 0.5) is 0 Å². The van der Waals surface area contributed by atoms with Gasteiger partial charge in [-0.2, -0.15) is 0 Å². The summed E-state index contributed by atoms with van der Waals surface area (Å²) in [7, 11) is 0. The van der Waals surface area contributed by atoms with Crippen LogP contribution in [-0.2, 0) is 11.2 Å². The summed E-state index contributed by atoms with van der Waals surface area (Å²) in [6.07, 6.45) is 8.44. The highest BCUT2D eigenvalue weighted by Gasteiger charge is 2.42. The Balaban J connectivity index is 1.48. The normalized spacial score (nSPS) is 33.5. The van der Waals surface area contributed by atoms with E-state index in [1.165, 1.54) is 60.7 Å². The Morgan fingerprint density at radius 3 is 3.00 bits per heavy atom. The lowest BCUT2D eigenvalue weighted by Crippen LogP contribution is -2.40. The van der Waals surface area contributed by atoms with Gasteiger partial charge in [0.1, 0.15) is 0 Å². The molecule has 0 radical (unpaired) electrons. The van der Waals surface area contributed by atoms with Crippen molar-refractivity contribution in [2.45, 2.75) is 69.7 Å². The number of hydrogen-bond donors (Lipinski definition) is 2. The average Bonchev–Trinajstić information content (AvgIpc) is 3.21. The van der Waals surface area contributed by atoms with Crippen LogP contribution in [0.5, 0.6) is 0 Å². The Kier molecular flexibility index (Phi) is 2.89. The SMILES string of the molecule is Cc1ccc2[nH]c3c(c2c1)CCC[C@H]3N[C@@H]1C[C@H]2CC[C@H]1O2. The topological polar surface area (TPSA) is 37.0 Å². The maximum Gasteiger partial charge on any atom is 0.0733 e. The average molecular weight is 296 g/mol. The zero-order valence-corrected chi connectivity index (χ0v) is 13.2. The van der Waals surface area contributed by atoms with E-state index in [1.807, 2.05) is 0 Å². The van der Waals surface area contributed by atoms with Crippen LogP contribution in [-0.4, -0.2) is 23.2 Å². The zero-order chi connectivity index (χ0) is 14.7. The molecule has 116 valence electrons. The summed E-state index contributed by atoms with van der Waals surface area (Å²) in [6, 6.07) is 7.82. The fraction of sp³-hybridized carbons (Fsp3) is 0.579. The van der Waals surface area contributed by atoms with Crippen LogP contribution < -0.4 is 5.32 Å². The molecule has 5 rings (SSSR count). The van der Waals surface area contributed by atoms with Gasteiger partial charge in [0.15, 0.2) is 0 Å². The molecule has 3 heterocycles. The highest BCUT2D eigenvalue weighted by Crippen LogP contribution is 2.39. The van der Waals surface area contributed by atoms with Gasteiger partial charge < -0.3 is 15.0 Å². The van der Waals surface area contributed by atoms with Gasteiger partial charge in [-0.25, -0.2) is 0 Å². The van der Waals surface area contributed by atoms with Crippen molar-refractivity contribution in [3.8, 4) is 0 Å². The number of hydrogen-bond acceptors (Lipinski definition) is 2. The van der Waals surface area contributed by atoms with E-state index < -0.39 is 0 Å². The van der Waals surface area contributed by atoms with Crippen molar-refractivity contribution in [2.75, 3.05) is 0 Å². The maximum atomic E-state index is 6.02. The molecule has 3 aliphatic rings. The van der Waals surface area contributed by atoms with Crippen molar-refractivity contribution in [1.82, 2.24) is 10.3 Å². The highest BCUT2D eigenvalue weighted by atomic mass is 16.5. The summed E-state index contributed by atoms with van der Waals surface area (Å²) < 4.78 is 6.02. The van der Waals surface area contributed by atoms with Crippen molar-refractivity contribution in [2.24, 2.45) is 0 Å². The summed E-state index contributed by atoms with van der Waals surface area (Å²) in [5.74, 6) is 0. The van der Waals surface area contributed by atoms with Gasteiger partial charge in [-0.3, -0.25) is 0 Å². The fourth-order valence-electron chi connectivity index (χ4n) is 4.81. The molecule has 2 aliphatic heterocycles. The summed E-state index contributed by atoms with van der Waals surface area (Å²) in [6.45, 7) is 2.18. The smallest absolute Gasteiger partial charge is 0.0733 e. The van der Waals surface area contributed by atoms with Crippen molar-refractivity contribution in [3.63, 3.8) is 0 Å². The monoisotopic (exact) mass is 296 g/mol. The Morgan fingerprint density at radius 2 is 2.18 bits per heavy atom. The molecule has 3 nitrogen and oxygen atoms in total. The number of rotatable bonds is 2. The number of fused-ring (bicyclic) bond motifs is 5. The van der Waals surface area contributed by atoms with Crippen molar-refractivity contribution in [3.05, 3.63) is 35.0 Å². The molecule has 3 heteroatoms. The first kappa shape index (κ1) is 13.1. The molecular weight excluding hydrogens is 272 g/mol. The van der Waals surface area contributed by atoms with Gasteiger partial charge in [0.25, 0.3) is 0 Å². The minimum atomic E-state index is 0.460. The van der Waals surface area contributed by atoms with Crippen LogP contribution >= 0.6 is 0 Å². The highest BCUT2D eigenvalue weighted by molar-refractivity contribution is 5.85. The Morgan fingerprint density at radius 1 is 1.23 bits per heavy atom. The standard InChI is InChI=1S/C19H24N2O/c1-11-5-7-15-14(9-11)13-3-2-4-16(19(13)21-15)20-17-10-12-6-8-18(17)22-12/h5,7,9,12,16-18,20-21H,2-4,6,8,10H2,1H3/t12-,16-,17-,18-/m1/s1. The molecule has 0 unspecified atom stereocenters. The summed E-state index contributed by atoms with van der Waals surface area (Å²) in [5, 5.41) is 5.36. The minimum Gasteiger partial charge on any atom is -0.373 e. The number of aromatic amines is 1. The third-order valence-corrected chi connectivity index (χ3v) is 5.88. The van der Waals surface area contributed by atoms with E-state index in [4.69, 9.17) is 4.74 Å². The van der Waals surface area contributed by atoms with Gasteiger partial charge >= 0.3 is 0 Å². The predicted molar refractivity (Wildman–Crippen MR) is 88.2 cm³/mol. The largest absolute Gasteiger partial charge is 0.373 e. The lowest BCUT2D eigenvalue weighted by molar-refractivity contribution is 0.0955. The Labute approximate surface area is 131 Å². The predicted octanol–water partition coefficient (Wildman–Crippen LogP) is 3.76. The van der Waals surface area contributed by atoms with Gasteiger partial charge in [0.2, 0.25) is 0 Å². The van der Waals surface area contributed by atoms with Crippen LogP contribution in [0.2, 0.25) is 0 Å². The molecule has 22 heavy (non-hydrogen) atoms. The molecule has 2 N–H and O–H groups in total. The number of H-pyrrole nitrogens is 1. The Hall–Kier alpha value is -1.32. The number of aryl methyl sites for hydroxylation is 2. The minimum absolute atomic E-state index is 0.460. The first-order chi connectivity index (χ1) is 10.8. The molecule has 1 aliphatic carbocycles. The van der Waals surface area contributed by atoms with Crippen LogP contribution in [0, 0.1) is 6.92 Å². The van der Waals surface area contributed by atoms with E-state index in [9.17, 15) is 0 Å². The maximum absolute atomic E-state index is 6.02. The second kappa shape index (κ2) is 4.84. The van der Waals surface area contributed by atoms with Crippen LogP contribution in [0.3, 0.4) is 0 Å². The van der Waals surface area contributed by atoms with E-state index in [0.717, 1.165) is 0 Å². The molecular formula is C19H24N2O. The van der Waals surface area contributed by atoms with E-state index >= 15 is 0 Å². The van der Waals surface area contributed by atoms with Gasteiger partial charge in [-0.1, -0.05) is 11.6 Å². The molecule has 2 fully saturated rings. The number of benzene rings is 1. The molecule has 0 saturated carbocycles. The summed E-state index contributed by atoms with van der Waals surface area (Å²) in [4.78, 5) is 3.71. The zero-order valence-electron chi connectivity index (χ0n) is 13.2. The van der Waals surface area contributed by atoms with Gasteiger partial charge in [-0.05, 0) is 63.1 Å². The van der Waals surface area contributed by atoms with Crippen LogP contribution in [0.15, 0.2) is 18.2 Å². The molecule has 2 saturated heterocycles. The van der Waals surface area contributed by atoms with Gasteiger partial charge in [0, 0.05) is 28.7 Å². The third-order valence-electron chi connectivity index (χ3n) is 5.88. The first-order valence-electron chi connectivity index (χ1n) is 8.80. The van der Waals surface area contributed by atoms with Crippen molar-refractivity contribution < 1.29 is 4.74 Å². The fourth-order valence-corrected chi connectivity index (χ4v) is 4.81. The molecule has 0 spiro atoms. The summed E-state index contributed by atoms with van der Waals surface area (Å²) in [5.41, 5.74) is 5.64. The van der Waals surface area contributed by atoms with Crippen molar-refractivity contribution in [1.29, 1.82) is 0 Å². The van der Waals surface area contributed by atoms with Crippen LogP contribution in [0.25, 0.3) is 10.9 Å². The van der Waals surface area contributed by atoms with Gasteiger partial charge in [0.05, 0.1) is 12.2 Å². The van der Waals surface area contributed by atoms with Gasteiger partial charge in [-0.15, -0.1) is 0 Å². The van der Waals surface area contributed by atoms with E-state index in [0.29, 0.717) is 24.3 Å². The second-order valence-corrected chi connectivity index (χ2v) is 7.39. The number of ether oxygens (including phenoxy) is 1. The van der Waals surface area contributed by atoms with Crippen molar-refractivity contribution >= 4 is 10.9 Å². The summed E-state index contributed by atoms with van der Waals surface area (Å²) >= 11 is 0. The van der Waals surface area contributed by atoms with E-state index in [1.54, 1.807) is 5.56 Å². The van der Waals surface area contributed by atoms with E-state index in [-0.39, 0.29) is 0 Å². The molecule has 1 aromatic carbocycles. The number of nitrogens with one attached hydrogen (secondary N) is 2. The lowest BCUT2D eigenvalue weighted by atomic mass is 9.89. The van der Waals surface area contributed by atoms with E-state index in [2.05, 4.69) is 35.4 Å². The number of aromatic nitrogens is 1. The molecule has 0 amide bonds. The second-order valence-electron chi connectivity index (χ2n) is 7.39. The quantitative estimate of drug-likeness (QED) is 0.885. The molecule has 2 aromatic rings. The third kappa shape index (κ3) is 1.95. The Bertz CT molecular complexity index is 720. The molecule has 1 aromatic heterocycles. The molecule has 4 atom stereocenters. The molecule has 2 bridgehead atoms. The lowest BCUT2D eigenvalue weighted by Gasteiger charge is -2.29. The first-order valence-corrected chi connectivity index (χ1v) is 8.80.